The number of nitrogens with one attached hydrogen (secondary N) is 1. The molecule has 1 heterocycles. The van der Waals surface area contributed by atoms with Crippen LogP contribution in [0.1, 0.15) is 30.9 Å². The fraction of sp³-hybridized carbons (Fsp3) is 0.333. The van der Waals surface area contributed by atoms with Crippen molar-refractivity contribution in [2.45, 2.75) is 26.7 Å². The van der Waals surface area contributed by atoms with E-state index in [1.165, 1.54) is 6.07 Å². The molecule has 3 nitrogen and oxygen atoms in total. The van der Waals surface area contributed by atoms with Gasteiger partial charge in [0.15, 0.2) is 0 Å². The van der Waals surface area contributed by atoms with E-state index < -0.39 is 0 Å². The van der Waals surface area contributed by atoms with Gasteiger partial charge in [0.2, 0.25) is 0 Å². The van der Waals surface area contributed by atoms with Gasteiger partial charge in [0.1, 0.15) is 17.5 Å². The maximum absolute atomic E-state index is 13.6. The molecule has 4 heteroatoms. The first-order valence-electron chi connectivity index (χ1n) is 6.57. The molecule has 2 rings (SSSR count). The molecule has 1 aromatic carbocycles. The predicted molar refractivity (Wildman–Crippen MR) is 74.8 cm³/mol. The maximum Gasteiger partial charge on any atom is 0.135 e. The number of aromatic nitrogens is 2. The van der Waals surface area contributed by atoms with E-state index in [1.807, 2.05) is 26.0 Å². The van der Waals surface area contributed by atoms with E-state index in [2.05, 4.69) is 15.3 Å². The van der Waals surface area contributed by atoms with Crippen LogP contribution in [0.15, 0.2) is 30.3 Å². The molecule has 0 aliphatic heterocycles. The molecule has 2 aromatic rings. The molecule has 19 heavy (non-hydrogen) atoms. The molecule has 0 unspecified atom stereocenters. The number of nitrogens with zero attached hydrogens (tertiary/aromatic N) is 2. The highest BCUT2D eigenvalue weighted by Crippen LogP contribution is 2.13. The average molecular weight is 259 g/mol. The van der Waals surface area contributed by atoms with Crippen LogP contribution >= 0.6 is 0 Å². The number of halogens is 1. The lowest BCUT2D eigenvalue weighted by atomic mass is 10.1. The van der Waals surface area contributed by atoms with Gasteiger partial charge in [-0.1, -0.05) is 25.1 Å². The summed E-state index contributed by atoms with van der Waals surface area (Å²) in [5, 5.41) is 3.18. The SMILES string of the molecule is CCNc1cc(CC)nc(Cc2ccccc2F)n1. The van der Waals surface area contributed by atoms with Gasteiger partial charge < -0.3 is 5.32 Å². The summed E-state index contributed by atoms with van der Waals surface area (Å²) in [4.78, 5) is 8.87. The number of rotatable bonds is 5. The van der Waals surface area contributed by atoms with Crippen LogP contribution in [0.3, 0.4) is 0 Å². The van der Waals surface area contributed by atoms with Crippen molar-refractivity contribution < 1.29 is 4.39 Å². The Labute approximate surface area is 112 Å². The van der Waals surface area contributed by atoms with Crippen molar-refractivity contribution in [1.82, 2.24) is 9.97 Å². The molecule has 0 saturated heterocycles. The minimum absolute atomic E-state index is 0.210. The second kappa shape index (κ2) is 6.27. The van der Waals surface area contributed by atoms with E-state index in [-0.39, 0.29) is 5.82 Å². The van der Waals surface area contributed by atoms with Crippen molar-refractivity contribution >= 4 is 5.82 Å². The normalized spacial score (nSPS) is 10.5. The van der Waals surface area contributed by atoms with Gasteiger partial charge in [-0.25, -0.2) is 14.4 Å². The standard InChI is InChI=1S/C15H18FN3/c1-3-12-10-14(17-4-2)19-15(18-12)9-11-7-5-6-8-13(11)16/h5-8,10H,3-4,9H2,1-2H3,(H,17,18,19). The second-order valence-electron chi connectivity index (χ2n) is 4.31. The van der Waals surface area contributed by atoms with Crippen LogP contribution in [0, 0.1) is 5.82 Å². The van der Waals surface area contributed by atoms with Gasteiger partial charge in [0, 0.05) is 24.7 Å². The average Bonchev–Trinajstić information content (AvgIpc) is 2.41. The van der Waals surface area contributed by atoms with E-state index >= 15 is 0 Å². The van der Waals surface area contributed by atoms with Crippen molar-refractivity contribution in [1.29, 1.82) is 0 Å². The van der Waals surface area contributed by atoms with Crippen molar-refractivity contribution in [2.24, 2.45) is 0 Å². The summed E-state index contributed by atoms with van der Waals surface area (Å²) in [7, 11) is 0. The first-order valence-corrected chi connectivity index (χ1v) is 6.57. The van der Waals surface area contributed by atoms with Gasteiger partial charge in [-0.3, -0.25) is 0 Å². The fourth-order valence-corrected chi connectivity index (χ4v) is 1.90. The minimum atomic E-state index is -0.210. The topological polar surface area (TPSA) is 37.8 Å². The lowest BCUT2D eigenvalue weighted by Crippen LogP contribution is -2.07. The summed E-state index contributed by atoms with van der Waals surface area (Å²) >= 11 is 0. The Kier molecular flexibility index (Phi) is 4.44. The third-order valence-electron chi connectivity index (χ3n) is 2.85. The Hall–Kier alpha value is -1.97. The molecule has 1 aromatic heterocycles. The third kappa shape index (κ3) is 3.50. The zero-order valence-corrected chi connectivity index (χ0v) is 11.3. The molecule has 0 fully saturated rings. The van der Waals surface area contributed by atoms with Crippen LogP contribution in [0.2, 0.25) is 0 Å². The second-order valence-corrected chi connectivity index (χ2v) is 4.31. The van der Waals surface area contributed by atoms with Crippen molar-refractivity contribution in [3.63, 3.8) is 0 Å². The van der Waals surface area contributed by atoms with Crippen molar-refractivity contribution in [3.8, 4) is 0 Å². The molecule has 0 aliphatic carbocycles. The van der Waals surface area contributed by atoms with Gasteiger partial charge in [0.05, 0.1) is 0 Å². The van der Waals surface area contributed by atoms with E-state index in [4.69, 9.17) is 0 Å². The summed E-state index contributed by atoms with van der Waals surface area (Å²) in [5.41, 5.74) is 1.59. The highest BCUT2D eigenvalue weighted by atomic mass is 19.1. The maximum atomic E-state index is 13.6. The summed E-state index contributed by atoms with van der Waals surface area (Å²) in [6.45, 7) is 4.87. The van der Waals surface area contributed by atoms with Gasteiger partial charge in [0.25, 0.3) is 0 Å². The Bertz CT molecular complexity index is 555. The quantitative estimate of drug-likeness (QED) is 0.896. The molecule has 0 aliphatic rings. The van der Waals surface area contributed by atoms with Gasteiger partial charge in [-0.15, -0.1) is 0 Å². The van der Waals surface area contributed by atoms with E-state index in [1.54, 1.807) is 12.1 Å². The Balaban J connectivity index is 2.29. The molecule has 0 saturated carbocycles. The summed E-state index contributed by atoms with van der Waals surface area (Å²) < 4.78 is 13.6. The molecule has 0 amide bonds. The Morgan fingerprint density at radius 2 is 1.95 bits per heavy atom. The molecule has 100 valence electrons. The van der Waals surface area contributed by atoms with Crippen LogP contribution in [0.5, 0.6) is 0 Å². The van der Waals surface area contributed by atoms with Gasteiger partial charge >= 0.3 is 0 Å². The molecule has 0 bridgehead atoms. The van der Waals surface area contributed by atoms with Crippen molar-refractivity contribution in [2.75, 3.05) is 11.9 Å². The lowest BCUT2D eigenvalue weighted by Gasteiger charge is -2.08. The largest absolute Gasteiger partial charge is 0.370 e. The van der Waals surface area contributed by atoms with Crippen LogP contribution in [0.4, 0.5) is 10.2 Å². The van der Waals surface area contributed by atoms with Crippen LogP contribution in [-0.4, -0.2) is 16.5 Å². The third-order valence-corrected chi connectivity index (χ3v) is 2.85. The number of hydrogen-bond donors (Lipinski definition) is 1. The zero-order chi connectivity index (χ0) is 13.7. The molecular formula is C15H18FN3. The molecular weight excluding hydrogens is 241 g/mol. The highest BCUT2D eigenvalue weighted by molar-refractivity contribution is 5.36. The summed E-state index contributed by atoms with van der Waals surface area (Å²) in [6, 6.07) is 8.68. The summed E-state index contributed by atoms with van der Waals surface area (Å²) in [5.74, 6) is 1.25. The number of anilines is 1. The Morgan fingerprint density at radius 3 is 2.63 bits per heavy atom. The van der Waals surface area contributed by atoms with Crippen LogP contribution < -0.4 is 5.32 Å². The van der Waals surface area contributed by atoms with Crippen LogP contribution in [-0.2, 0) is 12.8 Å². The van der Waals surface area contributed by atoms with E-state index in [0.29, 0.717) is 17.8 Å². The van der Waals surface area contributed by atoms with E-state index in [0.717, 1.165) is 24.5 Å². The first kappa shape index (κ1) is 13.5. The highest BCUT2D eigenvalue weighted by Gasteiger charge is 2.07. The molecule has 0 radical (unpaired) electrons. The Morgan fingerprint density at radius 1 is 1.16 bits per heavy atom. The molecule has 0 spiro atoms. The van der Waals surface area contributed by atoms with E-state index in [9.17, 15) is 4.39 Å². The smallest absolute Gasteiger partial charge is 0.135 e. The number of benzene rings is 1. The minimum Gasteiger partial charge on any atom is -0.370 e. The number of hydrogen-bond acceptors (Lipinski definition) is 3. The lowest BCUT2D eigenvalue weighted by molar-refractivity contribution is 0.612. The monoisotopic (exact) mass is 259 g/mol. The predicted octanol–water partition coefficient (Wildman–Crippen LogP) is 3.20. The molecule has 0 atom stereocenters. The fourth-order valence-electron chi connectivity index (χ4n) is 1.90. The zero-order valence-electron chi connectivity index (χ0n) is 11.3. The first-order chi connectivity index (χ1) is 9.22. The number of aryl methyl sites for hydroxylation is 1. The summed E-state index contributed by atoms with van der Waals surface area (Å²) in [6.07, 6.45) is 1.25. The van der Waals surface area contributed by atoms with Gasteiger partial charge in [-0.05, 0) is 25.0 Å². The molecule has 1 N–H and O–H groups in total. The van der Waals surface area contributed by atoms with Crippen LogP contribution in [0.25, 0.3) is 0 Å². The van der Waals surface area contributed by atoms with Gasteiger partial charge in [-0.2, -0.15) is 0 Å². The van der Waals surface area contributed by atoms with Crippen molar-refractivity contribution in [3.05, 3.63) is 53.2 Å².